The molecule has 2 N–H and O–H groups in total. The Kier molecular flexibility index (Phi) is 6.01. The molecule has 0 fully saturated rings. The molecule has 0 spiro atoms. The summed E-state index contributed by atoms with van der Waals surface area (Å²) in [6.45, 7) is 3.10. The quantitative estimate of drug-likeness (QED) is 0.672. The van der Waals surface area contributed by atoms with Gasteiger partial charge in [-0.3, -0.25) is 0 Å². The van der Waals surface area contributed by atoms with Crippen LogP contribution in [0.4, 0.5) is 0 Å². The lowest BCUT2D eigenvalue weighted by Crippen LogP contribution is -2.50. The summed E-state index contributed by atoms with van der Waals surface area (Å²) in [4.78, 5) is 0.0760. The first-order chi connectivity index (χ1) is 9.32. The molecule has 0 atom stereocenters. The van der Waals surface area contributed by atoms with Crippen LogP contribution in [0.3, 0.4) is 0 Å². The van der Waals surface area contributed by atoms with Gasteiger partial charge in [-0.2, -0.15) is 0 Å². The predicted molar refractivity (Wildman–Crippen MR) is 89.1 cm³/mol. The Bertz CT molecular complexity index is 731. The fourth-order valence-electron chi connectivity index (χ4n) is 1.57. The van der Waals surface area contributed by atoms with E-state index in [4.69, 9.17) is 0 Å². The van der Waals surface area contributed by atoms with E-state index in [-0.39, 0.29) is 11.4 Å². The van der Waals surface area contributed by atoms with Gasteiger partial charge in [-0.15, -0.1) is 0 Å². The van der Waals surface area contributed by atoms with Crippen molar-refractivity contribution in [3.63, 3.8) is 0 Å². The van der Waals surface area contributed by atoms with Crippen molar-refractivity contribution in [3.8, 4) is 0 Å². The summed E-state index contributed by atoms with van der Waals surface area (Å²) in [6, 6.07) is 4.78. The van der Waals surface area contributed by atoms with Crippen LogP contribution in [-0.2, 0) is 20.0 Å². The molecule has 0 bridgehead atoms. The van der Waals surface area contributed by atoms with Crippen LogP contribution in [-0.4, -0.2) is 35.2 Å². The van der Waals surface area contributed by atoms with Gasteiger partial charge in [-0.1, -0.05) is 15.9 Å². The minimum absolute atomic E-state index is 0.0760. The summed E-state index contributed by atoms with van der Waals surface area (Å²) in [5.41, 5.74) is -0.945. The number of halogens is 2. The van der Waals surface area contributed by atoms with Crippen molar-refractivity contribution < 1.29 is 16.8 Å². The summed E-state index contributed by atoms with van der Waals surface area (Å²) >= 11 is 6.40. The van der Waals surface area contributed by atoms with E-state index in [1.807, 2.05) is 0 Å². The lowest BCUT2D eigenvalue weighted by molar-refractivity contribution is 0.446. The van der Waals surface area contributed by atoms with E-state index in [9.17, 15) is 16.8 Å². The molecule has 21 heavy (non-hydrogen) atoms. The van der Waals surface area contributed by atoms with E-state index in [0.717, 1.165) is 6.26 Å². The van der Waals surface area contributed by atoms with Crippen LogP contribution in [0.15, 0.2) is 32.0 Å². The van der Waals surface area contributed by atoms with Crippen LogP contribution >= 0.6 is 31.9 Å². The normalized spacial score (nSPS) is 13.4. The topological polar surface area (TPSA) is 92.3 Å². The molecule has 0 radical (unpaired) electrons. The molecule has 0 aliphatic heterocycles. The standard InChI is InChI=1S/C11H16Br2N2O4S2/c1-11(2,15-20(3,16)17)7-14-21(18,19)10-6-8(12)4-5-9(10)13/h4-6,14-15H,7H2,1-3H3. The molecule has 0 unspecified atom stereocenters. The molecular formula is C11H16Br2N2O4S2. The number of sulfonamides is 2. The van der Waals surface area contributed by atoms with E-state index in [0.29, 0.717) is 8.95 Å². The molecule has 6 nitrogen and oxygen atoms in total. The highest BCUT2D eigenvalue weighted by Crippen LogP contribution is 2.25. The maximum absolute atomic E-state index is 12.3. The molecule has 0 amide bonds. The summed E-state index contributed by atoms with van der Waals surface area (Å²) in [5.74, 6) is 0. The zero-order valence-electron chi connectivity index (χ0n) is 11.6. The predicted octanol–water partition coefficient (Wildman–Crippen LogP) is 1.82. The van der Waals surface area contributed by atoms with Gasteiger partial charge in [0.1, 0.15) is 0 Å². The van der Waals surface area contributed by atoms with E-state index >= 15 is 0 Å². The van der Waals surface area contributed by atoms with Crippen LogP contribution in [0.2, 0.25) is 0 Å². The fraction of sp³-hybridized carbons (Fsp3) is 0.455. The Balaban J connectivity index is 2.94. The van der Waals surface area contributed by atoms with Crippen LogP contribution in [0.5, 0.6) is 0 Å². The number of rotatable bonds is 6. The molecule has 10 heteroatoms. The van der Waals surface area contributed by atoms with Crippen molar-refractivity contribution in [3.05, 3.63) is 27.1 Å². The Labute approximate surface area is 142 Å². The smallest absolute Gasteiger partial charge is 0.213 e. The number of nitrogens with one attached hydrogen (secondary N) is 2. The summed E-state index contributed by atoms with van der Waals surface area (Å²) in [5, 5.41) is 0. The zero-order valence-corrected chi connectivity index (χ0v) is 16.4. The lowest BCUT2D eigenvalue weighted by Gasteiger charge is -2.25. The van der Waals surface area contributed by atoms with E-state index in [2.05, 4.69) is 41.3 Å². The third kappa shape index (κ3) is 6.33. The largest absolute Gasteiger partial charge is 0.241 e. The monoisotopic (exact) mass is 462 g/mol. The van der Waals surface area contributed by atoms with Gasteiger partial charge in [-0.05, 0) is 48.0 Å². The third-order valence-electron chi connectivity index (χ3n) is 2.35. The molecule has 0 aromatic heterocycles. The molecule has 0 heterocycles. The van der Waals surface area contributed by atoms with Crippen molar-refractivity contribution >= 4 is 51.9 Å². The van der Waals surface area contributed by atoms with E-state index < -0.39 is 25.6 Å². The van der Waals surface area contributed by atoms with Crippen molar-refractivity contribution in [2.24, 2.45) is 0 Å². The van der Waals surface area contributed by atoms with Gasteiger partial charge in [0.05, 0.1) is 11.2 Å². The van der Waals surface area contributed by atoms with Gasteiger partial charge in [0.15, 0.2) is 0 Å². The number of benzene rings is 1. The highest BCUT2D eigenvalue weighted by molar-refractivity contribution is 9.11. The number of hydrogen-bond donors (Lipinski definition) is 2. The molecule has 0 saturated carbocycles. The minimum atomic E-state index is -3.76. The fourth-order valence-corrected chi connectivity index (χ4v) is 5.36. The second-order valence-electron chi connectivity index (χ2n) is 5.16. The van der Waals surface area contributed by atoms with Gasteiger partial charge in [0.25, 0.3) is 0 Å². The average molecular weight is 464 g/mol. The molecule has 1 aromatic carbocycles. The van der Waals surface area contributed by atoms with Crippen molar-refractivity contribution in [2.45, 2.75) is 24.3 Å². The van der Waals surface area contributed by atoms with Crippen molar-refractivity contribution in [1.82, 2.24) is 9.44 Å². The first-order valence-corrected chi connectivity index (χ1v) is 10.7. The summed E-state index contributed by atoms with van der Waals surface area (Å²) in [6.07, 6.45) is 1.02. The molecule has 0 saturated heterocycles. The lowest BCUT2D eigenvalue weighted by atomic mass is 10.1. The minimum Gasteiger partial charge on any atom is -0.213 e. The maximum Gasteiger partial charge on any atom is 0.241 e. The Hall–Kier alpha value is -0.000000000000000111. The summed E-state index contributed by atoms with van der Waals surface area (Å²) in [7, 11) is -7.19. The maximum atomic E-state index is 12.3. The van der Waals surface area contributed by atoms with Gasteiger partial charge in [0, 0.05) is 21.0 Å². The highest BCUT2D eigenvalue weighted by atomic mass is 79.9. The number of hydrogen-bond acceptors (Lipinski definition) is 4. The van der Waals surface area contributed by atoms with Gasteiger partial charge in [-0.25, -0.2) is 26.3 Å². The first-order valence-electron chi connectivity index (χ1n) is 5.76. The zero-order chi connectivity index (χ0) is 16.5. The second-order valence-corrected chi connectivity index (χ2v) is 10.4. The first kappa shape index (κ1) is 19.0. The van der Waals surface area contributed by atoms with Gasteiger partial charge < -0.3 is 0 Å². The molecule has 120 valence electrons. The third-order valence-corrected chi connectivity index (χ3v) is 6.16. The van der Waals surface area contributed by atoms with Crippen molar-refractivity contribution in [1.29, 1.82) is 0 Å². The van der Waals surface area contributed by atoms with Crippen LogP contribution < -0.4 is 9.44 Å². The van der Waals surface area contributed by atoms with E-state index in [1.165, 1.54) is 6.07 Å². The molecule has 1 rings (SSSR count). The average Bonchev–Trinajstić information content (AvgIpc) is 2.27. The Morgan fingerprint density at radius 2 is 1.71 bits per heavy atom. The van der Waals surface area contributed by atoms with Crippen LogP contribution in [0, 0.1) is 0 Å². The molecule has 0 aliphatic carbocycles. The molecule has 0 aliphatic rings. The SMILES string of the molecule is CC(C)(CNS(=O)(=O)c1cc(Br)ccc1Br)NS(C)(=O)=O. The molecular weight excluding hydrogens is 448 g/mol. The molecule has 1 aromatic rings. The second kappa shape index (κ2) is 6.63. The highest BCUT2D eigenvalue weighted by Gasteiger charge is 2.26. The van der Waals surface area contributed by atoms with E-state index in [1.54, 1.807) is 26.0 Å². The summed E-state index contributed by atoms with van der Waals surface area (Å²) < 4.78 is 52.9. The van der Waals surface area contributed by atoms with Gasteiger partial charge >= 0.3 is 0 Å². The van der Waals surface area contributed by atoms with Crippen molar-refractivity contribution in [2.75, 3.05) is 12.8 Å². The van der Waals surface area contributed by atoms with Crippen LogP contribution in [0.25, 0.3) is 0 Å². The van der Waals surface area contributed by atoms with Gasteiger partial charge in [0.2, 0.25) is 20.0 Å². The Morgan fingerprint density at radius 1 is 1.14 bits per heavy atom. The van der Waals surface area contributed by atoms with Crippen LogP contribution in [0.1, 0.15) is 13.8 Å². The Morgan fingerprint density at radius 3 is 2.24 bits per heavy atom.